The molecule has 0 saturated carbocycles. The normalized spacial score (nSPS) is 23.0. The van der Waals surface area contributed by atoms with Crippen LogP contribution in [0.15, 0.2) is 0 Å². The van der Waals surface area contributed by atoms with Crippen molar-refractivity contribution in [3.8, 4) is 0 Å². The summed E-state index contributed by atoms with van der Waals surface area (Å²) in [6.07, 6.45) is 3.07. The van der Waals surface area contributed by atoms with Crippen molar-refractivity contribution in [2.75, 3.05) is 20.2 Å². The van der Waals surface area contributed by atoms with Gasteiger partial charge in [-0.15, -0.1) is 0 Å². The lowest BCUT2D eigenvalue weighted by Crippen LogP contribution is -2.35. The zero-order chi connectivity index (χ0) is 10.6. The third kappa shape index (κ3) is 2.98. The Morgan fingerprint density at radius 3 is 2.86 bits per heavy atom. The Hall–Kier alpha value is -0.570. The van der Waals surface area contributed by atoms with Gasteiger partial charge >= 0.3 is 5.97 Å². The first-order valence-electron chi connectivity index (χ1n) is 5.46. The number of methoxy groups -OCH3 is 1. The average Bonchev–Trinajstić information content (AvgIpc) is 2.62. The van der Waals surface area contributed by atoms with E-state index in [4.69, 9.17) is 0 Å². The first-order valence-corrected chi connectivity index (χ1v) is 5.46. The fourth-order valence-electron chi connectivity index (χ4n) is 2.22. The summed E-state index contributed by atoms with van der Waals surface area (Å²) in [6, 6.07) is 0.666. The Balaban J connectivity index is 2.32. The van der Waals surface area contributed by atoms with Gasteiger partial charge in [0.2, 0.25) is 0 Å². The van der Waals surface area contributed by atoms with E-state index in [-0.39, 0.29) is 5.97 Å². The largest absolute Gasteiger partial charge is 0.469 e. The number of esters is 1. The Morgan fingerprint density at radius 2 is 2.29 bits per heavy atom. The number of nitrogens with zero attached hydrogens (tertiary/aromatic N) is 1. The van der Waals surface area contributed by atoms with E-state index in [1.165, 1.54) is 20.0 Å². The summed E-state index contributed by atoms with van der Waals surface area (Å²) in [4.78, 5) is 13.4. The standard InChI is InChI=1S/C11H21NO2/c1-9(2)10-5-4-7-12(10)8-6-11(13)14-3/h9-10H,4-8H2,1-3H3. The molecular weight excluding hydrogens is 178 g/mol. The van der Waals surface area contributed by atoms with Gasteiger partial charge in [0.15, 0.2) is 0 Å². The highest BCUT2D eigenvalue weighted by molar-refractivity contribution is 5.69. The molecule has 0 N–H and O–H groups in total. The molecule has 3 nitrogen and oxygen atoms in total. The van der Waals surface area contributed by atoms with Crippen molar-refractivity contribution in [3.63, 3.8) is 0 Å². The van der Waals surface area contributed by atoms with Gasteiger partial charge in [0, 0.05) is 12.6 Å². The molecule has 1 rings (SSSR count). The molecule has 1 aliphatic rings. The third-order valence-electron chi connectivity index (χ3n) is 3.01. The number of hydrogen-bond acceptors (Lipinski definition) is 3. The first kappa shape index (κ1) is 11.5. The van der Waals surface area contributed by atoms with E-state index in [1.807, 2.05) is 0 Å². The average molecular weight is 199 g/mol. The minimum Gasteiger partial charge on any atom is -0.469 e. The molecular formula is C11H21NO2. The highest BCUT2D eigenvalue weighted by Gasteiger charge is 2.26. The minimum atomic E-state index is -0.0978. The molecule has 1 unspecified atom stereocenters. The van der Waals surface area contributed by atoms with Gasteiger partial charge in [-0.05, 0) is 25.3 Å². The summed E-state index contributed by atoms with van der Waals surface area (Å²) in [5, 5.41) is 0. The van der Waals surface area contributed by atoms with Crippen molar-refractivity contribution in [2.45, 2.75) is 39.2 Å². The highest BCUT2D eigenvalue weighted by atomic mass is 16.5. The van der Waals surface area contributed by atoms with Crippen molar-refractivity contribution in [2.24, 2.45) is 5.92 Å². The van der Waals surface area contributed by atoms with Crippen LogP contribution in [0.4, 0.5) is 0 Å². The van der Waals surface area contributed by atoms with Gasteiger partial charge in [0.05, 0.1) is 13.5 Å². The molecule has 0 spiro atoms. The maximum Gasteiger partial charge on any atom is 0.306 e. The maximum absolute atomic E-state index is 11.0. The van der Waals surface area contributed by atoms with Crippen LogP contribution < -0.4 is 0 Å². The summed E-state index contributed by atoms with van der Waals surface area (Å²) in [5.74, 6) is 0.592. The van der Waals surface area contributed by atoms with Crippen molar-refractivity contribution in [1.82, 2.24) is 4.90 Å². The predicted octanol–water partition coefficient (Wildman–Crippen LogP) is 1.67. The van der Waals surface area contributed by atoms with E-state index in [9.17, 15) is 4.79 Å². The Morgan fingerprint density at radius 1 is 1.57 bits per heavy atom. The fourth-order valence-corrected chi connectivity index (χ4v) is 2.22. The van der Waals surface area contributed by atoms with Gasteiger partial charge in [0.25, 0.3) is 0 Å². The quantitative estimate of drug-likeness (QED) is 0.645. The zero-order valence-corrected chi connectivity index (χ0v) is 9.45. The molecule has 0 aromatic heterocycles. The molecule has 1 saturated heterocycles. The Bertz CT molecular complexity index is 192. The molecule has 0 bridgehead atoms. The Kier molecular flexibility index (Phi) is 4.39. The molecule has 1 fully saturated rings. The lowest BCUT2D eigenvalue weighted by Gasteiger charge is -2.26. The summed E-state index contributed by atoms with van der Waals surface area (Å²) in [5.41, 5.74) is 0. The predicted molar refractivity (Wildman–Crippen MR) is 56.1 cm³/mol. The van der Waals surface area contributed by atoms with Gasteiger partial charge in [-0.1, -0.05) is 13.8 Å². The van der Waals surface area contributed by atoms with E-state index in [0.29, 0.717) is 18.4 Å². The van der Waals surface area contributed by atoms with Crippen LogP contribution in [0.1, 0.15) is 33.1 Å². The molecule has 0 radical (unpaired) electrons. The monoisotopic (exact) mass is 199 g/mol. The van der Waals surface area contributed by atoms with Crippen LogP contribution in [0.5, 0.6) is 0 Å². The number of carbonyl (C=O) groups excluding carboxylic acids is 1. The van der Waals surface area contributed by atoms with Gasteiger partial charge in [-0.3, -0.25) is 9.69 Å². The van der Waals surface area contributed by atoms with Crippen LogP contribution in [0.3, 0.4) is 0 Å². The van der Waals surface area contributed by atoms with E-state index in [2.05, 4.69) is 23.5 Å². The van der Waals surface area contributed by atoms with Gasteiger partial charge in [0.1, 0.15) is 0 Å². The summed E-state index contributed by atoms with van der Waals surface area (Å²) >= 11 is 0. The molecule has 0 aromatic rings. The van der Waals surface area contributed by atoms with Crippen LogP contribution in [-0.2, 0) is 9.53 Å². The zero-order valence-electron chi connectivity index (χ0n) is 9.45. The van der Waals surface area contributed by atoms with Crippen molar-refractivity contribution in [1.29, 1.82) is 0 Å². The Labute approximate surface area is 86.4 Å². The van der Waals surface area contributed by atoms with E-state index >= 15 is 0 Å². The fraction of sp³-hybridized carbons (Fsp3) is 0.909. The molecule has 1 atom stereocenters. The minimum absolute atomic E-state index is 0.0978. The number of likely N-dealkylation sites (tertiary alicyclic amines) is 1. The number of ether oxygens (including phenoxy) is 1. The maximum atomic E-state index is 11.0. The molecule has 0 aromatic carbocycles. The molecule has 0 amide bonds. The second-order valence-electron chi connectivity index (χ2n) is 4.32. The van der Waals surface area contributed by atoms with E-state index in [1.54, 1.807) is 0 Å². The smallest absolute Gasteiger partial charge is 0.306 e. The van der Waals surface area contributed by atoms with Crippen molar-refractivity contribution >= 4 is 5.97 Å². The van der Waals surface area contributed by atoms with Crippen molar-refractivity contribution in [3.05, 3.63) is 0 Å². The SMILES string of the molecule is COC(=O)CCN1CCCC1C(C)C. The van der Waals surface area contributed by atoms with Crippen LogP contribution in [0.25, 0.3) is 0 Å². The second-order valence-corrected chi connectivity index (χ2v) is 4.32. The summed E-state index contributed by atoms with van der Waals surface area (Å²) in [7, 11) is 1.45. The summed E-state index contributed by atoms with van der Waals surface area (Å²) in [6.45, 7) is 6.50. The van der Waals surface area contributed by atoms with Gasteiger partial charge in [-0.2, -0.15) is 0 Å². The van der Waals surface area contributed by atoms with Crippen LogP contribution >= 0.6 is 0 Å². The molecule has 82 valence electrons. The molecule has 1 heterocycles. The number of carbonyl (C=O) groups is 1. The highest BCUT2D eigenvalue weighted by Crippen LogP contribution is 2.23. The topological polar surface area (TPSA) is 29.5 Å². The second kappa shape index (κ2) is 5.35. The lowest BCUT2D eigenvalue weighted by molar-refractivity contribution is -0.141. The van der Waals surface area contributed by atoms with Gasteiger partial charge < -0.3 is 4.74 Å². The first-order chi connectivity index (χ1) is 6.65. The summed E-state index contributed by atoms with van der Waals surface area (Å²) < 4.78 is 4.64. The molecule has 1 aliphatic heterocycles. The molecule has 3 heteroatoms. The lowest BCUT2D eigenvalue weighted by atomic mass is 10.0. The third-order valence-corrected chi connectivity index (χ3v) is 3.01. The van der Waals surface area contributed by atoms with Crippen LogP contribution in [0, 0.1) is 5.92 Å². The van der Waals surface area contributed by atoms with Crippen LogP contribution in [-0.4, -0.2) is 37.1 Å². The van der Waals surface area contributed by atoms with Gasteiger partial charge in [-0.25, -0.2) is 0 Å². The van der Waals surface area contributed by atoms with E-state index in [0.717, 1.165) is 13.1 Å². The van der Waals surface area contributed by atoms with Crippen LogP contribution in [0.2, 0.25) is 0 Å². The van der Waals surface area contributed by atoms with E-state index < -0.39 is 0 Å². The van der Waals surface area contributed by atoms with Crippen molar-refractivity contribution < 1.29 is 9.53 Å². The molecule has 14 heavy (non-hydrogen) atoms. The number of hydrogen-bond donors (Lipinski definition) is 0. The molecule has 0 aliphatic carbocycles. The number of rotatable bonds is 4.